The van der Waals surface area contributed by atoms with Gasteiger partial charge in [-0.15, -0.1) is 11.8 Å². The number of rotatable bonds is 11. The Bertz CT molecular complexity index is 1220. The zero-order valence-electron chi connectivity index (χ0n) is 20.3. The average molecular weight is 533 g/mol. The second-order valence-electron chi connectivity index (χ2n) is 8.26. The molecule has 0 saturated carbocycles. The largest absolute Gasteiger partial charge is 0.416 e. The summed E-state index contributed by atoms with van der Waals surface area (Å²) in [6.45, 7) is 1.65. The predicted octanol–water partition coefficient (Wildman–Crippen LogP) is 4.13. The van der Waals surface area contributed by atoms with E-state index in [2.05, 4.69) is 25.9 Å². The molecular formula is C25H27F3N6O2S. The van der Waals surface area contributed by atoms with Crippen LogP contribution in [-0.2, 0) is 16.7 Å². The molecule has 2 heterocycles. The molecule has 3 aromatic rings. The van der Waals surface area contributed by atoms with E-state index in [1.165, 1.54) is 30.1 Å². The average Bonchev–Trinajstić information content (AvgIpc) is 2.85. The van der Waals surface area contributed by atoms with Crippen LogP contribution < -0.4 is 16.0 Å². The number of alkyl halides is 3. The minimum Gasteiger partial charge on any atom is -0.322 e. The summed E-state index contributed by atoms with van der Waals surface area (Å²) in [5, 5.41) is 8.73. The van der Waals surface area contributed by atoms with Gasteiger partial charge in [0.1, 0.15) is 10.8 Å². The molecule has 2 aromatic heterocycles. The number of nitrogens with zero attached hydrogens (tertiary/aromatic N) is 3. The highest BCUT2D eigenvalue weighted by Crippen LogP contribution is 2.31. The predicted molar refractivity (Wildman–Crippen MR) is 137 cm³/mol. The minimum atomic E-state index is -4.51. The van der Waals surface area contributed by atoms with E-state index in [-0.39, 0.29) is 23.7 Å². The molecule has 196 valence electrons. The van der Waals surface area contributed by atoms with Gasteiger partial charge in [0.15, 0.2) is 0 Å². The van der Waals surface area contributed by atoms with E-state index in [1.807, 2.05) is 19.0 Å². The van der Waals surface area contributed by atoms with Crippen molar-refractivity contribution in [2.75, 3.05) is 44.4 Å². The molecule has 0 unspecified atom stereocenters. The Kier molecular flexibility index (Phi) is 10.0. The quantitative estimate of drug-likeness (QED) is 0.252. The Morgan fingerprint density at radius 2 is 1.81 bits per heavy atom. The molecule has 0 saturated heterocycles. The molecule has 0 fully saturated rings. The number of hydrogen-bond donors (Lipinski definition) is 3. The lowest BCUT2D eigenvalue weighted by atomic mass is 10.2. The van der Waals surface area contributed by atoms with E-state index in [1.54, 1.807) is 30.5 Å². The first-order valence-electron chi connectivity index (χ1n) is 11.3. The summed E-state index contributed by atoms with van der Waals surface area (Å²) in [7, 11) is 3.90. The number of amides is 2. The minimum absolute atomic E-state index is 0.0327. The molecule has 3 rings (SSSR count). The van der Waals surface area contributed by atoms with Gasteiger partial charge in [0.2, 0.25) is 5.91 Å². The van der Waals surface area contributed by atoms with Crippen LogP contribution in [0.5, 0.6) is 0 Å². The van der Waals surface area contributed by atoms with Gasteiger partial charge < -0.3 is 20.9 Å². The molecule has 0 aliphatic rings. The van der Waals surface area contributed by atoms with Crippen molar-refractivity contribution in [3.63, 3.8) is 0 Å². The fraction of sp³-hybridized carbons (Fsp3) is 0.280. The molecule has 0 bridgehead atoms. The zero-order valence-corrected chi connectivity index (χ0v) is 21.1. The van der Waals surface area contributed by atoms with Gasteiger partial charge in [-0.3, -0.25) is 9.59 Å². The van der Waals surface area contributed by atoms with Crippen LogP contribution in [0, 0.1) is 0 Å². The highest BCUT2D eigenvalue weighted by molar-refractivity contribution is 7.98. The van der Waals surface area contributed by atoms with E-state index in [4.69, 9.17) is 0 Å². The third kappa shape index (κ3) is 9.16. The van der Waals surface area contributed by atoms with Crippen molar-refractivity contribution in [3.05, 3.63) is 77.6 Å². The summed E-state index contributed by atoms with van der Waals surface area (Å²) in [6, 6.07) is 11.1. The number of anilines is 2. The van der Waals surface area contributed by atoms with E-state index in [0.717, 1.165) is 24.2 Å². The maximum atomic E-state index is 13.0. The fourth-order valence-electron chi connectivity index (χ4n) is 3.13. The van der Waals surface area contributed by atoms with Gasteiger partial charge in [-0.25, -0.2) is 9.97 Å². The number of carbonyl (C=O) groups is 2. The first-order chi connectivity index (χ1) is 17.6. The second kappa shape index (κ2) is 13.2. The molecule has 0 radical (unpaired) electrons. The number of hydrogen-bond acceptors (Lipinski definition) is 7. The van der Waals surface area contributed by atoms with Gasteiger partial charge >= 0.3 is 6.18 Å². The lowest BCUT2D eigenvalue weighted by molar-refractivity contribution is -0.137. The molecule has 1 aromatic carbocycles. The van der Waals surface area contributed by atoms with Gasteiger partial charge in [-0.1, -0.05) is 6.07 Å². The molecule has 8 nitrogen and oxygen atoms in total. The van der Waals surface area contributed by atoms with Gasteiger partial charge in [-0.05, 0) is 62.1 Å². The van der Waals surface area contributed by atoms with E-state index < -0.39 is 17.6 Å². The SMILES string of the molecule is CN(C)CCNCC(=O)Nc1cc(CSc2ncccc2C(=O)Nc2cccc(C(F)(F)F)c2)ccn1. The van der Waals surface area contributed by atoms with Crippen molar-refractivity contribution in [2.45, 2.75) is 17.0 Å². The standard InChI is InChI=1S/C25H27F3N6O2S/c1-34(2)12-11-29-15-22(35)33-21-13-17(8-10-30-21)16-37-24-20(7-4-9-31-24)23(36)32-19-6-3-5-18(14-19)25(26,27)28/h3-10,13-14,29H,11-12,15-16H2,1-2H3,(H,32,36)(H,30,33,35). The molecule has 0 aliphatic heterocycles. The number of nitrogens with one attached hydrogen (secondary N) is 3. The molecule has 12 heteroatoms. The summed E-state index contributed by atoms with van der Waals surface area (Å²) in [4.78, 5) is 35.4. The Morgan fingerprint density at radius 1 is 1.00 bits per heavy atom. The molecule has 37 heavy (non-hydrogen) atoms. The molecule has 0 atom stereocenters. The molecule has 0 spiro atoms. The van der Waals surface area contributed by atoms with Crippen LogP contribution in [0.3, 0.4) is 0 Å². The number of thioether (sulfide) groups is 1. The molecule has 0 aliphatic carbocycles. The smallest absolute Gasteiger partial charge is 0.322 e. The van der Waals surface area contributed by atoms with Crippen LogP contribution in [0.25, 0.3) is 0 Å². The zero-order chi connectivity index (χ0) is 26.8. The van der Waals surface area contributed by atoms with Gasteiger partial charge in [0.05, 0.1) is 17.7 Å². The van der Waals surface area contributed by atoms with Crippen LogP contribution in [0.15, 0.2) is 66.0 Å². The highest BCUT2D eigenvalue weighted by Gasteiger charge is 2.30. The summed E-state index contributed by atoms with van der Waals surface area (Å²) >= 11 is 1.28. The summed E-state index contributed by atoms with van der Waals surface area (Å²) in [6.07, 6.45) is -1.41. The summed E-state index contributed by atoms with van der Waals surface area (Å²) in [5.74, 6) is 0.0441. The van der Waals surface area contributed by atoms with Crippen molar-refractivity contribution >= 4 is 35.1 Å². The summed E-state index contributed by atoms with van der Waals surface area (Å²) in [5.41, 5.74) is 0.253. The molecular weight excluding hydrogens is 505 g/mol. The fourth-order valence-corrected chi connectivity index (χ4v) is 4.06. The number of carbonyl (C=O) groups excluding carboxylic acids is 2. The summed E-state index contributed by atoms with van der Waals surface area (Å²) < 4.78 is 39.0. The lowest BCUT2D eigenvalue weighted by Gasteiger charge is -2.12. The van der Waals surface area contributed by atoms with Gasteiger partial charge in [-0.2, -0.15) is 13.2 Å². The Labute approximate surface area is 217 Å². The van der Waals surface area contributed by atoms with E-state index in [0.29, 0.717) is 23.1 Å². The van der Waals surface area contributed by atoms with Crippen molar-refractivity contribution in [3.8, 4) is 0 Å². The Hall–Kier alpha value is -3.48. The second-order valence-corrected chi connectivity index (χ2v) is 9.22. The normalized spacial score (nSPS) is 11.4. The highest BCUT2D eigenvalue weighted by atomic mass is 32.2. The van der Waals surface area contributed by atoms with Crippen molar-refractivity contribution in [1.29, 1.82) is 0 Å². The monoisotopic (exact) mass is 532 g/mol. The Morgan fingerprint density at radius 3 is 2.57 bits per heavy atom. The third-order valence-corrected chi connectivity index (χ3v) is 6.03. The topological polar surface area (TPSA) is 99.3 Å². The van der Waals surface area contributed by atoms with Crippen LogP contribution in [0.1, 0.15) is 21.5 Å². The first kappa shape index (κ1) is 28.1. The van der Waals surface area contributed by atoms with E-state index >= 15 is 0 Å². The van der Waals surface area contributed by atoms with Crippen LogP contribution in [-0.4, -0.2) is 60.4 Å². The maximum absolute atomic E-state index is 13.0. The number of pyridine rings is 2. The maximum Gasteiger partial charge on any atom is 0.416 e. The molecule has 2 amide bonds. The van der Waals surface area contributed by atoms with Crippen LogP contribution in [0.4, 0.5) is 24.7 Å². The number of benzene rings is 1. The number of likely N-dealkylation sites (N-methyl/N-ethyl adjacent to an activating group) is 1. The third-order valence-electron chi connectivity index (χ3n) is 4.95. The van der Waals surface area contributed by atoms with Crippen molar-refractivity contribution in [2.24, 2.45) is 0 Å². The Balaban J connectivity index is 1.60. The first-order valence-corrected chi connectivity index (χ1v) is 12.3. The number of aromatic nitrogens is 2. The van der Waals surface area contributed by atoms with Gasteiger partial charge in [0.25, 0.3) is 5.91 Å². The van der Waals surface area contributed by atoms with Crippen LogP contribution in [0.2, 0.25) is 0 Å². The van der Waals surface area contributed by atoms with Crippen molar-refractivity contribution in [1.82, 2.24) is 20.2 Å². The lowest BCUT2D eigenvalue weighted by Crippen LogP contribution is -2.33. The van der Waals surface area contributed by atoms with Crippen molar-refractivity contribution < 1.29 is 22.8 Å². The van der Waals surface area contributed by atoms with Gasteiger partial charge in [0, 0.05) is 36.9 Å². The van der Waals surface area contributed by atoms with Crippen LogP contribution >= 0.6 is 11.8 Å². The molecule has 3 N–H and O–H groups in total. The van der Waals surface area contributed by atoms with E-state index in [9.17, 15) is 22.8 Å². The number of halogens is 3.